The van der Waals surface area contributed by atoms with E-state index >= 15 is 0 Å². The largest absolute Gasteiger partial charge is 0.435 e. The molecular weight excluding hydrogens is 289 g/mol. The molecule has 0 saturated carbocycles. The van der Waals surface area contributed by atoms with E-state index in [0.29, 0.717) is 0 Å². The second kappa shape index (κ2) is 5.89. The number of Topliss-reactive ketones (excluding diaryl/α,β-unsaturated/α-hetero) is 1. The third kappa shape index (κ3) is 3.84. The summed E-state index contributed by atoms with van der Waals surface area (Å²) >= 11 is 2.93. The van der Waals surface area contributed by atoms with Gasteiger partial charge in [0, 0.05) is 12.0 Å². The molecule has 16 heavy (non-hydrogen) atoms. The van der Waals surface area contributed by atoms with Crippen molar-refractivity contribution in [2.24, 2.45) is 0 Å². The highest BCUT2D eigenvalue weighted by atomic mass is 79.9. The number of benzene rings is 1. The van der Waals surface area contributed by atoms with Crippen molar-refractivity contribution in [2.75, 3.05) is 5.33 Å². The molecule has 0 saturated heterocycles. The summed E-state index contributed by atoms with van der Waals surface area (Å²) in [7, 11) is 0. The molecule has 0 spiro atoms. The van der Waals surface area contributed by atoms with Gasteiger partial charge in [-0.05, 0) is 18.2 Å². The second-order valence-corrected chi connectivity index (χ2v) is 3.54. The summed E-state index contributed by atoms with van der Waals surface area (Å²) in [6.45, 7) is -3.00. The van der Waals surface area contributed by atoms with Crippen LogP contribution in [0.5, 0.6) is 5.75 Å². The Bertz CT molecular complexity index is 382. The number of rotatable bonds is 5. The number of carbonyl (C=O) groups is 1. The zero-order valence-electron chi connectivity index (χ0n) is 8.05. The van der Waals surface area contributed by atoms with Gasteiger partial charge in [0.2, 0.25) is 0 Å². The zero-order chi connectivity index (χ0) is 12.1. The average Bonchev–Trinajstić information content (AvgIpc) is 2.21. The number of hydrogen-bond acceptors (Lipinski definition) is 2. The minimum atomic E-state index is -3.00. The molecular formula is C10H8BrF3O2. The molecule has 0 aromatic heterocycles. The number of carbonyl (C=O) groups excluding carboxylic acids is 1. The van der Waals surface area contributed by atoms with Gasteiger partial charge < -0.3 is 4.74 Å². The van der Waals surface area contributed by atoms with E-state index in [-0.39, 0.29) is 28.8 Å². The lowest BCUT2D eigenvalue weighted by molar-refractivity contribution is -0.116. The van der Waals surface area contributed by atoms with Gasteiger partial charge in [-0.25, -0.2) is 4.39 Å². The normalized spacial score (nSPS) is 10.6. The molecule has 0 aliphatic rings. The summed E-state index contributed by atoms with van der Waals surface area (Å²) < 4.78 is 41.1. The average molecular weight is 297 g/mol. The smallest absolute Gasteiger partial charge is 0.387 e. The first kappa shape index (κ1) is 13.0. The molecule has 1 aromatic carbocycles. The van der Waals surface area contributed by atoms with Crippen LogP contribution in [-0.4, -0.2) is 17.7 Å². The van der Waals surface area contributed by atoms with E-state index in [1.807, 2.05) is 0 Å². The van der Waals surface area contributed by atoms with Crippen molar-refractivity contribution in [1.29, 1.82) is 0 Å². The van der Waals surface area contributed by atoms with Crippen molar-refractivity contribution in [2.45, 2.75) is 13.0 Å². The highest BCUT2D eigenvalue weighted by Gasteiger charge is 2.13. The fraction of sp³-hybridized carbons (Fsp3) is 0.300. The minimum absolute atomic E-state index is 0.0810. The maximum atomic E-state index is 12.9. The van der Waals surface area contributed by atoms with Crippen molar-refractivity contribution >= 4 is 21.7 Å². The molecule has 0 amide bonds. The van der Waals surface area contributed by atoms with Gasteiger partial charge in [0.1, 0.15) is 17.3 Å². The van der Waals surface area contributed by atoms with Gasteiger partial charge in [0.15, 0.2) is 0 Å². The van der Waals surface area contributed by atoms with Crippen LogP contribution in [0.15, 0.2) is 18.2 Å². The van der Waals surface area contributed by atoms with Crippen LogP contribution in [0, 0.1) is 5.82 Å². The number of alkyl halides is 3. The monoisotopic (exact) mass is 296 g/mol. The molecule has 1 aromatic rings. The van der Waals surface area contributed by atoms with Crippen molar-refractivity contribution < 1.29 is 22.7 Å². The topological polar surface area (TPSA) is 26.3 Å². The molecule has 88 valence electrons. The van der Waals surface area contributed by atoms with Crippen LogP contribution >= 0.6 is 15.9 Å². The third-order valence-corrected chi connectivity index (χ3v) is 2.40. The Morgan fingerprint density at radius 1 is 1.44 bits per heavy atom. The fourth-order valence-corrected chi connectivity index (χ4v) is 1.36. The van der Waals surface area contributed by atoms with Gasteiger partial charge >= 0.3 is 6.61 Å². The Morgan fingerprint density at radius 3 is 2.69 bits per heavy atom. The molecule has 0 heterocycles. The van der Waals surface area contributed by atoms with Crippen molar-refractivity contribution in [3.05, 3.63) is 29.6 Å². The summed E-state index contributed by atoms with van der Waals surface area (Å²) in [6.07, 6.45) is -0.148. The van der Waals surface area contributed by atoms with E-state index in [0.717, 1.165) is 18.2 Å². The van der Waals surface area contributed by atoms with E-state index in [9.17, 15) is 18.0 Å². The maximum Gasteiger partial charge on any atom is 0.387 e. The molecule has 0 unspecified atom stereocenters. The number of halogens is 4. The Balaban J connectivity index is 2.93. The van der Waals surface area contributed by atoms with E-state index in [4.69, 9.17) is 0 Å². The van der Waals surface area contributed by atoms with Crippen molar-refractivity contribution in [3.8, 4) is 5.75 Å². The molecule has 0 N–H and O–H groups in total. The Kier molecular flexibility index (Phi) is 4.79. The summed E-state index contributed by atoms with van der Waals surface area (Å²) in [5.41, 5.74) is 0.116. The third-order valence-electron chi connectivity index (χ3n) is 1.78. The number of hydrogen-bond donors (Lipinski definition) is 0. The molecule has 0 radical (unpaired) electrons. The fourth-order valence-electron chi connectivity index (χ4n) is 1.16. The van der Waals surface area contributed by atoms with Crippen molar-refractivity contribution in [1.82, 2.24) is 0 Å². The lowest BCUT2D eigenvalue weighted by atomic mass is 10.1. The lowest BCUT2D eigenvalue weighted by Crippen LogP contribution is -2.09. The number of ketones is 1. The number of ether oxygens (including phenoxy) is 1. The quantitative estimate of drug-likeness (QED) is 0.781. The highest BCUT2D eigenvalue weighted by Crippen LogP contribution is 2.22. The molecule has 0 aliphatic heterocycles. The van der Waals surface area contributed by atoms with Crippen LogP contribution in [0.4, 0.5) is 13.2 Å². The minimum Gasteiger partial charge on any atom is -0.435 e. The predicted octanol–water partition coefficient (Wildman–Crippen LogP) is 2.93. The molecule has 2 nitrogen and oxygen atoms in total. The predicted molar refractivity (Wildman–Crippen MR) is 55.5 cm³/mol. The Hall–Kier alpha value is -1.04. The molecule has 0 bridgehead atoms. The summed E-state index contributed by atoms with van der Waals surface area (Å²) in [5.74, 6) is -1.02. The van der Waals surface area contributed by atoms with Crippen LogP contribution in [0.2, 0.25) is 0 Å². The van der Waals surface area contributed by atoms with Crippen LogP contribution in [0.1, 0.15) is 5.56 Å². The second-order valence-electron chi connectivity index (χ2n) is 2.98. The van der Waals surface area contributed by atoms with Gasteiger partial charge in [-0.1, -0.05) is 15.9 Å². The van der Waals surface area contributed by atoms with E-state index < -0.39 is 12.4 Å². The summed E-state index contributed by atoms with van der Waals surface area (Å²) in [6, 6.07) is 3.09. The summed E-state index contributed by atoms with van der Waals surface area (Å²) in [5, 5.41) is 0.0810. The first-order chi connectivity index (χ1) is 7.52. The SMILES string of the molecule is O=C(CBr)Cc1cc(F)ccc1OC(F)F. The highest BCUT2D eigenvalue weighted by molar-refractivity contribution is 9.09. The first-order valence-electron chi connectivity index (χ1n) is 4.34. The van der Waals surface area contributed by atoms with Crippen LogP contribution in [0.25, 0.3) is 0 Å². The van der Waals surface area contributed by atoms with Gasteiger partial charge in [-0.3, -0.25) is 4.79 Å². The first-order valence-corrected chi connectivity index (χ1v) is 5.46. The molecule has 0 aliphatic carbocycles. The molecule has 1 rings (SSSR count). The zero-order valence-corrected chi connectivity index (χ0v) is 9.64. The maximum absolute atomic E-state index is 12.9. The van der Waals surface area contributed by atoms with Gasteiger partial charge in [0.05, 0.1) is 5.33 Å². The van der Waals surface area contributed by atoms with Gasteiger partial charge in [-0.2, -0.15) is 8.78 Å². The van der Waals surface area contributed by atoms with E-state index in [1.54, 1.807) is 0 Å². The van der Waals surface area contributed by atoms with E-state index in [1.165, 1.54) is 0 Å². The Labute approximate surface area is 98.5 Å². The summed E-state index contributed by atoms with van der Waals surface area (Å²) in [4.78, 5) is 11.1. The van der Waals surface area contributed by atoms with Gasteiger partial charge in [0.25, 0.3) is 0 Å². The molecule has 6 heteroatoms. The Morgan fingerprint density at radius 2 is 2.12 bits per heavy atom. The van der Waals surface area contributed by atoms with Crippen LogP contribution < -0.4 is 4.74 Å². The van der Waals surface area contributed by atoms with Crippen LogP contribution in [0.3, 0.4) is 0 Å². The van der Waals surface area contributed by atoms with Gasteiger partial charge in [-0.15, -0.1) is 0 Å². The lowest BCUT2D eigenvalue weighted by Gasteiger charge is -2.09. The van der Waals surface area contributed by atoms with E-state index in [2.05, 4.69) is 20.7 Å². The van der Waals surface area contributed by atoms with Crippen LogP contribution in [-0.2, 0) is 11.2 Å². The van der Waals surface area contributed by atoms with Crippen molar-refractivity contribution in [3.63, 3.8) is 0 Å². The molecule has 0 fully saturated rings. The standard InChI is InChI=1S/C10H8BrF3O2/c11-5-8(15)4-6-3-7(12)1-2-9(6)16-10(13)14/h1-3,10H,4-5H2. The molecule has 0 atom stereocenters.